The third-order valence-electron chi connectivity index (χ3n) is 3.01. The van der Waals surface area contributed by atoms with Crippen LogP contribution in [0.1, 0.15) is 21.5 Å². The minimum absolute atomic E-state index is 0.0895. The summed E-state index contributed by atoms with van der Waals surface area (Å²) in [6.07, 6.45) is 0. The van der Waals surface area contributed by atoms with E-state index in [1.807, 2.05) is 6.07 Å². The van der Waals surface area contributed by atoms with Crippen LogP contribution in [0, 0.1) is 17.1 Å². The molecular weight excluding hydrogens is 291 g/mol. The Balaban J connectivity index is 2.13. The van der Waals surface area contributed by atoms with Crippen LogP contribution < -0.4 is 0 Å². The maximum atomic E-state index is 13.0. The van der Waals surface area contributed by atoms with Gasteiger partial charge in [-0.25, -0.2) is 4.39 Å². The molecule has 0 unspecified atom stereocenters. The van der Waals surface area contributed by atoms with Crippen LogP contribution in [0.15, 0.2) is 42.5 Å². The number of amides is 1. The molecule has 0 fully saturated rings. The van der Waals surface area contributed by atoms with Crippen LogP contribution in [-0.2, 0) is 6.54 Å². The summed E-state index contributed by atoms with van der Waals surface area (Å²) in [5.41, 5.74) is 1.71. The first-order chi connectivity index (χ1) is 10.0. The molecule has 5 heteroatoms. The molecule has 2 aromatic rings. The lowest BCUT2D eigenvalue weighted by Gasteiger charge is -2.18. The number of nitriles is 1. The van der Waals surface area contributed by atoms with Crippen molar-refractivity contribution in [1.29, 1.82) is 5.26 Å². The third-order valence-corrected chi connectivity index (χ3v) is 3.32. The summed E-state index contributed by atoms with van der Waals surface area (Å²) < 4.78 is 13.0. The van der Waals surface area contributed by atoms with Crippen molar-refractivity contribution >= 4 is 17.5 Å². The van der Waals surface area contributed by atoms with Crippen LogP contribution in [0.2, 0.25) is 5.02 Å². The number of rotatable bonds is 3. The second-order valence-electron chi connectivity index (χ2n) is 4.59. The number of halogens is 2. The average Bonchev–Trinajstić information content (AvgIpc) is 2.47. The van der Waals surface area contributed by atoms with Crippen LogP contribution in [0.25, 0.3) is 0 Å². The van der Waals surface area contributed by atoms with Crippen LogP contribution in [0.4, 0.5) is 4.39 Å². The first-order valence-corrected chi connectivity index (χ1v) is 6.58. The van der Waals surface area contributed by atoms with Crippen molar-refractivity contribution in [1.82, 2.24) is 4.90 Å². The fraction of sp³-hybridized carbons (Fsp3) is 0.125. The lowest BCUT2D eigenvalue weighted by atomic mass is 10.1. The molecule has 0 bridgehead atoms. The SMILES string of the molecule is CN(Cc1ccc(C#N)cc1)C(=O)c1ccc(F)cc1Cl. The quantitative estimate of drug-likeness (QED) is 0.869. The van der Waals surface area contributed by atoms with Gasteiger partial charge in [0.25, 0.3) is 5.91 Å². The summed E-state index contributed by atoms with van der Waals surface area (Å²) in [6.45, 7) is 0.373. The van der Waals surface area contributed by atoms with E-state index >= 15 is 0 Å². The summed E-state index contributed by atoms with van der Waals surface area (Å²) >= 11 is 5.89. The van der Waals surface area contributed by atoms with Gasteiger partial charge >= 0.3 is 0 Å². The van der Waals surface area contributed by atoms with Crippen molar-refractivity contribution in [2.24, 2.45) is 0 Å². The van der Waals surface area contributed by atoms with Crippen molar-refractivity contribution in [2.75, 3.05) is 7.05 Å². The topological polar surface area (TPSA) is 44.1 Å². The molecule has 0 spiro atoms. The summed E-state index contributed by atoms with van der Waals surface area (Å²) in [5.74, 6) is -0.768. The van der Waals surface area contributed by atoms with Crippen molar-refractivity contribution in [3.8, 4) is 6.07 Å². The van der Waals surface area contributed by atoms with Gasteiger partial charge in [0.15, 0.2) is 0 Å². The average molecular weight is 303 g/mol. The first kappa shape index (κ1) is 15.0. The summed E-state index contributed by atoms with van der Waals surface area (Å²) in [6, 6.07) is 12.7. The van der Waals surface area contributed by atoms with E-state index in [0.29, 0.717) is 12.1 Å². The molecule has 0 aromatic heterocycles. The zero-order valence-corrected chi connectivity index (χ0v) is 12.1. The zero-order valence-electron chi connectivity index (χ0n) is 11.3. The fourth-order valence-corrected chi connectivity index (χ4v) is 2.15. The predicted molar refractivity (Wildman–Crippen MR) is 78.4 cm³/mol. The van der Waals surface area contributed by atoms with Gasteiger partial charge in [0.05, 0.1) is 22.2 Å². The Morgan fingerprint density at radius 2 is 1.95 bits per heavy atom. The standard InChI is InChI=1S/C16H12ClFN2O/c1-20(10-12-4-2-11(9-19)3-5-12)16(21)14-7-6-13(18)8-15(14)17/h2-8H,10H2,1H3. The minimum Gasteiger partial charge on any atom is -0.337 e. The smallest absolute Gasteiger partial charge is 0.255 e. The van der Waals surface area contributed by atoms with Gasteiger partial charge in [-0.3, -0.25) is 4.79 Å². The van der Waals surface area contributed by atoms with E-state index in [4.69, 9.17) is 16.9 Å². The molecule has 0 aliphatic carbocycles. The Hall–Kier alpha value is -2.38. The van der Waals surface area contributed by atoms with E-state index in [0.717, 1.165) is 11.6 Å². The van der Waals surface area contributed by atoms with E-state index in [1.165, 1.54) is 17.0 Å². The first-order valence-electron chi connectivity index (χ1n) is 6.21. The molecule has 0 saturated carbocycles. The molecule has 2 aromatic carbocycles. The molecule has 0 aliphatic rings. The summed E-state index contributed by atoms with van der Waals surface area (Å²) in [7, 11) is 1.64. The summed E-state index contributed by atoms with van der Waals surface area (Å²) in [5, 5.41) is 8.83. The van der Waals surface area contributed by atoms with Gasteiger partial charge in [-0.15, -0.1) is 0 Å². The number of nitrogens with zero attached hydrogens (tertiary/aromatic N) is 2. The zero-order chi connectivity index (χ0) is 15.4. The Morgan fingerprint density at radius 3 is 2.52 bits per heavy atom. The van der Waals surface area contributed by atoms with Crippen LogP contribution >= 0.6 is 11.6 Å². The molecule has 1 amide bonds. The molecule has 0 N–H and O–H groups in total. The van der Waals surface area contributed by atoms with E-state index in [-0.39, 0.29) is 16.5 Å². The number of carbonyl (C=O) groups excluding carboxylic acids is 1. The maximum absolute atomic E-state index is 13.0. The van der Waals surface area contributed by atoms with Gasteiger partial charge in [0.2, 0.25) is 0 Å². The lowest BCUT2D eigenvalue weighted by Crippen LogP contribution is -2.26. The van der Waals surface area contributed by atoms with Crippen molar-refractivity contribution < 1.29 is 9.18 Å². The second-order valence-corrected chi connectivity index (χ2v) is 5.00. The number of hydrogen-bond acceptors (Lipinski definition) is 2. The Kier molecular flexibility index (Phi) is 4.56. The maximum Gasteiger partial charge on any atom is 0.255 e. The highest BCUT2D eigenvalue weighted by molar-refractivity contribution is 6.33. The van der Waals surface area contributed by atoms with Gasteiger partial charge in [-0.1, -0.05) is 23.7 Å². The van der Waals surface area contributed by atoms with Crippen LogP contribution in [0.3, 0.4) is 0 Å². The van der Waals surface area contributed by atoms with Crippen molar-refractivity contribution in [3.63, 3.8) is 0 Å². The van der Waals surface area contributed by atoms with Crippen LogP contribution in [0.5, 0.6) is 0 Å². The highest BCUT2D eigenvalue weighted by Crippen LogP contribution is 2.19. The van der Waals surface area contributed by atoms with E-state index in [2.05, 4.69) is 0 Å². The molecule has 2 rings (SSSR count). The van der Waals surface area contributed by atoms with Gasteiger partial charge < -0.3 is 4.90 Å². The monoisotopic (exact) mass is 302 g/mol. The summed E-state index contributed by atoms with van der Waals surface area (Å²) in [4.78, 5) is 13.8. The predicted octanol–water partition coefficient (Wildman–Crippen LogP) is 3.62. The molecule has 3 nitrogen and oxygen atoms in total. The molecule has 0 heterocycles. The normalized spacial score (nSPS) is 10.0. The second kappa shape index (κ2) is 6.38. The molecule has 0 atom stereocenters. The molecule has 0 aliphatic heterocycles. The molecular formula is C16H12ClFN2O. The Morgan fingerprint density at radius 1 is 1.29 bits per heavy atom. The highest BCUT2D eigenvalue weighted by Gasteiger charge is 2.15. The largest absolute Gasteiger partial charge is 0.337 e. The fourth-order valence-electron chi connectivity index (χ4n) is 1.90. The number of benzene rings is 2. The molecule has 21 heavy (non-hydrogen) atoms. The lowest BCUT2D eigenvalue weighted by molar-refractivity contribution is 0.0785. The highest BCUT2D eigenvalue weighted by atomic mass is 35.5. The van der Waals surface area contributed by atoms with Crippen molar-refractivity contribution in [3.05, 3.63) is 70.0 Å². The molecule has 0 radical (unpaired) electrons. The molecule has 106 valence electrons. The van der Waals surface area contributed by atoms with Crippen LogP contribution in [-0.4, -0.2) is 17.9 Å². The van der Waals surface area contributed by atoms with Gasteiger partial charge in [-0.2, -0.15) is 5.26 Å². The third kappa shape index (κ3) is 3.59. The van der Waals surface area contributed by atoms with Gasteiger partial charge in [0, 0.05) is 13.6 Å². The molecule has 0 saturated heterocycles. The number of hydrogen-bond donors (Lipinski definition) is 0. The minimum atomic E-state index is -0.480. The Bertz CT molecular complexity index is 707. The Labute approximate surface area is 127 Å². The number of carbonyl (C=O) groups is 1. The van der Waals surface area contributed by atoms with Gasteiger partial charge in [0.1, 0.15) is 5.82 Å². The van der Waals surface area contributed by atoms with E-state index in [9.17, 15) is 9.18 Å². The van der Waals surface area contributed by atoms with Gasteiger partial charge in [-0.05, 0) is 35.9 Å². The van der Waals surface area contributed by atoms with E-state index < -0.39 is 5.82 Å². The van der Waals surface area contributed by atoms with Crippen molar-refractivity contribution in [2.45, 2.75) is 6.54 Å². The van der Waals surface area contributed by atoms with E-state index in [1.54, 1.807) is 31.3 Å².